The number of β-amino-alcohol motifs (C(OH)–C–C–N with tert-alkyl or cyclic N) is 1. The van der Waals surface area contributed by atoms with E-state index in [1.54, 1.807) is 6.92 Å². The molecule has 0 bridgehead atoms. The minimum absolute atomic E-state index is 0.0379. The topological polar surface area (TPSA) is 96.5 Å². The molecule has 1 aromatic heterocycles. The van der Waals surface area contributed by atoms with Gasteiger partial charge in [0.05, 0.1) is 11.8 Å². The third kappa shape index (κ3) is 2.45. The molecule has 1 aromatic carbocycles. The first-order valence-electron chi connectivity index (χ1n) is 7.97. The van der Waals surface area contributed by atoms with Crippen molar-refractivity contribution in [2.24, 2.45) is 0 Å². The van der Waals surface area contributed by atoms with Crippen LogP contribution < -0.4 is 0 Å². The van der Waals surface area contributed by atoms with Crippen molar-refractivity contribution in [1.82, 2.24) is 14.4 Å². The first-order chi connectivity index (χ1) is 11.4. The highest BCUT2D eigenvalue weighted by atomic mass is 32.2. The van der Waals surface area contributed by atoms with E-state index in [2.05, 4.69) is 10.1 Å². The lowest BCUT2D eigenvalue weighted by Crippen LogP contribution is -2.40. The number of sulfonamides is 1. The Bertz CT molecular complexity index is 854. The lowest BCUT2D eigenvalue weighted by molar-refractivity contribution is 0.0193. The van der Waals surface area contributed by atoms with E-state index in [-0.39, 0.29) is 25.4 Å². The zero-order valence-electron chi connectivity index (χ0n) is 13.3. The summed E-state index contributed by atoms with van der Waals surface area (Å²) in [4.78, 5) is 4.06. The first kappa shape index (κ1) is 15.7. The number of hydrogen-bond donors (Lipinski definition) is 1. The van der Waals surface area contributed by atoms with Crippen LogP contribution in [0.1, 0.15) is 29.3 Å². The SMILES string of the molecule is Cc1noc([C@]2(O)CCN(S(=O)(=O)C3Cc4ccccc4C3)C2)n1. The van der Waals surface area contributed by atoms with Crippen LogP contribution in [-0.4, -0.2) is 46.3 Å². The lowest BCUT2D eigenvalue weighted by atomic mass is 10.0. The van der Waals surface area contributed by atoms with Crippen LogP contribution in [0.4, 0.5) is 0 Å². The zero-order valence-corrected chi connectivity index (χ0v) is 14.2. The predicted octanol–water partition coefficient (Wildman–Crippen LogP) is 0.769. The minimum Gasteiger partial charge on any atom is -0.379 e. The van der Waals surface area contributed by atoms with Gasteiger partial charge in [0.1, 0.15) is 0 Å². The van der Waals surface area contributed by atoms with E-state index in [0.29, 0.717) is 18.7 Å². The van der Waals surface area contributed by atoms with Crippen LogP contribution in [-0.2, 0) is 28.5 Å². The second kappa shape index (κ2) is 5.37. The normalized spacial score (nSPS) is 25.2. The standard InChI is InChI=1S/C16H19N3O4S/c1-11-17-15(23-18-11)16(20)6-7-19(10-16)24(21,22)14-8-12-4-2-3-5-13(12)9-14/h2-5,14,20H,6-10H2,1H3/t16-/m0/s1. The molecule has 1 fully saturated rings. The van der Waals surface area contributed by atoms with Gasteiger partial charge in [-0.05, 0) is 30.9 Å². The van der Waals surface area contributed by atoms with E-state index in [1.807, 2.05) is 24.3 Å². The van der Waals surface area contributed by atoms with Crippen LogP contribution >= 0.6 is 0 Å². The molecule has 0 spiro atoms. The Morgan fingerprint density at radius 2 is 1.96 bits per heavy atom. The summed E-state index contributed by atoms with van der Waals surface area (Å²) in [5, 5.41) is 13.9. The van der Waals surface area contributed by atoms with Crippen LogP contribution in [0, 0.1) is 6.92 Å². The molecule has 0 saturated carbocycles. The lowest BCUT2D eigenvalue weighted by Gasteiger charge is -2.22. The van der Waals surface area contributed by atoms with Crippen molar-refractivity contribution in [3.63, 3.8) is 0 Å². The highest BCUT2D eigenvalue weighted by molar-refractivity contribution is 7.89. The fraction of sp³-hybridized carbons (Fsp3) is 0.500. The Kier molecular flexibility index (Phi) is 3.52. The Balaban J connectivity index is 1.55. The molecule has 2 aromatic rings. The molecule has 2 heterocycles. The summed E-state index contributed by atoms with van der Waals surface area (Å²) in [6, 6.07) is 7.82. The molecule has 8 heteroatoms. The van der Waals surface area contributed by atoms with Gasteiger partial charge in [-0.2, -0.15) is 9.29 Å². The summed E-state index contributed by atoms with van der Waals surface area (Å²) in [6.45, 7) is 1.88. The van der Waals surface area contributed by atoms with E-state index in [4.69, 9.17) is 4.52 Å². The van der Waals surface area contributed by atoms with E-state index in [0.717, 1.165) is 11.1 Å². The average molecular weight is 349 g/mol. The van der Waals surface area contributed by atoms with Gasteiger partial charge in [0.2, 0.25) is 10.0 Å². The first-order valence-corrected chi connectivity index (χ1v) is 9.48. The van der Waals surface area contributed by atoms with Crippen LogP contribution in [0.2, 0.25) is 0 Å². The quantitative estimate of drug-likeness (QED) is 0.879. The van der Waals surface area contributed by atoms with E-state index in [9.17, 15) is 13.5 Å². The van der Waals surface area contributed by atoms with E-state index in [1.165, 1.54) is 4.31 Å². The second-order valence-corrected chi connectivity index (χ2v) is 8.82. The van der Waals surface area contributed by atoms with Crippen molar-refractivity contribution in [3.05, 3.63) is 47.1 Å². The molecular weight excluding hydrogens is 330 g/mol. The molecule has 4 rings (SSSR count). The summed E-state index contributed by atoms with van der Waals surface area (Å²) in [7, 11) is -3.49. The second-order valence-electron chi connectivity index (χ2n) is 6.61. The number of aromatic nitrogens is 2. The Hall–Kier alpha value is -1.77. The molecule has 7 nitrogen and oxygen atoms in total. The number of hydrogen-bond acceptors (Lipinski definition) is 6. The minimum atomic E-state index is -3.49. The fourth-order valence-electron chi connectivity index (χ4n) is 3.58. The number of benzene rings is 1. The predicted molar refractivity (Wildman–Crippen MR) is 85.7 cm³/mol. The Morgan fingerprint density at radius 1 is 1.29 bits per heavy atom. The van der Waals surface area contributed by atoms with Gasteiger partial charge in [0.15, 0.2) is 11.4 Å². The van der Waals surface area contributed by atoms with Crippen LogP contribution in [0.25, 0.3) is 0 Å². The number of aryl methyl sites for hydroxylation is 1. The number of rotatable bonds is 3. The van der Waals surface area contributed by atoms with Gasteiger partial charge >= 0.3 is 0 Å². The number of nitrogens with zero attached hydrogens (tertiary/aromatic N) is 3. The largest absolute Gasteiger partial charge is 0.379 e. The number of aliphatic hydroxyl groups is 1. The third-order valence-corrected chi connectivity index (χ3v) is 7.14. The van der Waals surface area contributed by atoms with Crippen LogP contribution in [0.15, 0.2) is 28.8 Å². The summed E-state index contributed by atoms with van der Waals surface area (Å²) < 4.78 is 32.4. The van der Waals surface area contributed by atoms with Crippen LogP contribution in [0.3, 0.4) is 0 Å². The van der Waals surface area contributed by atoms with Crippen molar-refractivity contribution in [2.45, 2.75) is 37.0 Å². The van der Waals surface area contributed by atoms with Crippen molar-refractivity contribution in [2.75, 3.05) is 13.1 Å². The van der Waals surface area contributed by atoms with Gasteiger partial charge in [-0.1, -0.05) is 29.4 Å². The van der Waals surface area contributed by atoms with Crippen molar-refractivity contribution in [3.8, 4) is 0 Å². The maximum atomic E-state index is 13.0. The number of fused-ring (bicyclic) bond motifs is 1. The smallest absolute Gasteiger partial charge is 0.260 e. The summed E-state index contributed by atoms with van der Waals surface area (Å²) in [5.74, 6) is 0.512. The zero-order chi connectivity index (χ0) is 16.9. The molecule has 24 heavy (non-hydrogen) atoms. The van der Waals surface area contributed by atoms with E-state index >= 15 is 0 Å². The van der Waals surface area contributed by atoms with Gasteiger partial charge in [0, 0.05) is 13.0 Å². The maximum Gasteiger partial charge on any atom is 0.260 e. The molecule has 2 aliphatic rings. The van der Waals surface area contributed by atoms with Gasteiger partial charge in [-0.25, -0.2) is 8.42 Å². The summed E-state index contributed by atoms with van der Waals surface area (Å²) >= 11 is 0. The molecular formula is C16H19N3O4S. The van der Waals surface area contributed by atoms with Gasteiger partial charge in [-0.3, -0.25) is 0 Å². The molecule has 0 amide bonds. The molecule has 128 valence electrons. The van der Waals surface area contributed by atoms with Crippen LogP contribution in [0.5, 0.6) is 0 Å². The molecule has 1 aliphatic heterocycles. The van der Waals surface area contributed by atoms with Crippen molar-refractivity contribution in [1.29, 1.82) is 0 Å². The molecule has 1 atom stereocenters. The fourth-order valence-corrected chi connectivity index (χ4v) is 5.52. The van der Waals surface area contributed by atoms with Gasteiger partial charge in [-0.15, -0.1) is 0 Å². The van der Waals surface area contributed by atoms with Gasteiger partial charge < -0.3 is 9.63 Å². The third-order valence-electron chi connectivity index (χ3n) is 4.93. The monoisotopic (exact) mass is 349 g/mol. The molecule has 1 aliphatic carbocycles. The highest BCUT2D eigenvalue weighted by Crippen LogP contribution is 2.35. The Labute approximate surface area is 140 Å². The molecule has 0 radical (unpaired) electrons. The van der Waals surface area contributed by atoms with Crippen molar-refractivity contribution >= 4 is 10.0 Å². The van der Waals surface area contributed by atoms with Crippen molar-refractivity contribution < 1.29 is 18.0 Å². The van der Waals surface area contributed by atoms with Gasteiger partial charge in [0.25, 0.3) is 5.89 Å². The molecule has 1 saturated heterocycles. The van der Waals surface area contributed by atoms with E-state index < -0.39 is 20.9 Å². The summed E-state index contributed by atoms with van der Waals surface area (Å²) in [6.07, 6.45) is 1.30. The highest BCUT2D eigenvalue weighted by Gasteiger charge is 2.48. The molecule has 1 N–H and O–H groups in total. The average Bonchev–Trinajstić information content (AvgIpc) is 3.25. The summed E-state index contributed by atoms with van der Waals surface area (Å²) in [5.41, 5.74) is 0.779. The Morgan fingerprint density at radius 3 is 2.54 bits per heavy atom. The maximum absolute atomic E-state index is 13.0. The molecule has 0 unspecified atom stereocenters.